The molecular weight excluding hydrogens is 453 g/mol. The first-order valence-electron chi connectivity index (χ1n) is 11.6. The summed E-state index contributed by atoms with van der Waals surface area (Å²) in [6.07, 6.45) is 5.21. The van der Waals surface area contributed by atoms with Gasteiger partial charge in [0.25, 0.3) is 0 Å². The number of halogens is 1. The number of amides is 3. The molecule has 6 nitrogen and oxygen atoms in total. The number of anilines is 2. The highest BCUT2D eigenvalue weighted by Gasteiger charge is 2.47. The highest BCUT2D eigenvalue weighted by atomic mass is 32.2. The summed E-state index contributed by atoms with van der Waals surface area (Å²) in [5.41, 5.74) is 1.56. The molecule has 2 aromatic carbocycles. The van der Waals surface area contributed by atoms with E-state index in [-0.39, 0.29) is 35.4 Å². The molecule has 3 aliphatic rings. The molecule has 2 atom stereocenters. The number of benzene rings is 2. The average Bonchev–Trinajstić information content (AvgIpc) is 3.13. The third kappa shape index (κ3) is 4.46. The van der Waals surface area contributed by atoms with Gasteiger partial charge in [-0.05, 0) is 61.4 Å². The molecule has 2 heterocycles. The number of carbonyl (C=O) groups is 3. The Morgan fingerprint density at radius 1 is 0.824 bits per heavy atom. The number of rotatable bonds is 5. The lowest BCUT2D eigenvalue weighted by Crippen LogP contribution is -2.49. The molecule has 2 aliphatic heterocycles. The van der Waals surface area contributed by atoms with Gasteiger partial charge in [-0.2, -0.15) is 0 Å². The van der Waals surface area contributed by atoms with E-state index in [0.717, 1.165) is 10.6 Å². The summed E-state index contributed by atoms with van der Waals surface area (Å²) in [5.74, 6) is -0.566. The van der Waals surface area contributed by atoms with Crippen LogP contribution in [0, 0.1) is 17.7 Å². The molecule has 0 saturated carbocycles. The molecule has 5 rings (SSSR count). The van der Waals surface area contributed by atoms with Gasteiger partial charge in [0, 0.05) is 36.8 Å². The standard InChI is InChI=1S/C26H26FN3O3S/c27-18-5-7-19(8-6-18)28-13-15-29(16-14-28)24(31)17-34-21-11-9-20(10-12-21)30-25(32)22-3-1-2-4-23(22)26(30)33/h1-2,5-12,22-23H,3-4,13-17H2. The molecule has 2 unspecified atom stereocenters. The number of hydrogen-bond donors (Lipinski definition) is 0. The van der Waals surface area contributed by atoms with Crippen LogP contribution in [0.3, 0.4) is 0 Å². The van der Waals surface area contributed by atoms with Gasteiger partial charge >= 0.3 is 0 Å². The van der Waals surface area contributed by atoms with Gasteiger partial charge in [-0.25, -0.2) is 4.39 Å². The number of imide groups is 1. The van der Waals surface area contributed by atoms with E-state index in [0.29, 0.717) is 50.5 Å². The van der Waals surface area contributed by atoms with Crippen molar-refractivity contribution in [2.24, 2.45) is 11.8 Å². The monoisotopic (exact) mass is 479 g/mol. The highest BCUT2D eigenvalue weighted by Crippen LogP contribution is 2.38. The van der Waals surface area contributed by atoms with Crippen molar-refractivity contribution in [3.05, 3.63) is 66.5 Å². The molecule has 8 heteroatoms. The van der Waals surface area contributed by atoms with E-state index in [9.17, 15) is 18.8 Å². The predicted molar refractivity (Wildman–Crippen MR) is 130 cm³/mol. The van der Waals surface area contributed by atoms with Crippen LogP contribution in [0.5, 0.6) is 0 Å². The lowest BCUT2D eigenvalue weighted by Gasteiger charge is -2.36. The molecule has 2 saturated heterocycles. The van der Waals surface area contributed by atoms with E-state index in [2.05, 4.69) is 4.90 Å². The minimum absolute atomic E-state index is 0.0781. The van der Waals surface area contributed by atoms with Crippen LogP contribution in [0.15, 0.2) is 65.6 Å². The van der Waals surface area contributed by atoms with Crippen molar-refractivity contribution in [2.45, 2.75) is 17.7 Å². The molecule has 0 bridgehead atoms. The first kappa shape index (κ1) is 22.7. The Balaban J connectivity index is 1.13. The minimum atomic E-state index is -0.253. The maximum atomic E-state index is 13.1. The van der Waals surface area contributed by atoms with Gasteiger partial charge in [-0.1, -0.05) is 12.2 Å². The molecule has 3 amide bonds. The summed E-state index contributed by atoms with van der Waals surface area (Å²) in [7, 11) is 0. The molecule has 0 N–H and O–H groups in total. The van der Waals surface area contributed by atoms with Crippen molar-refractivity contribution in [3.8, 4) is 0 Å². The number of nitrogens with zero attached hydrogens (tertiary/aromatic N) is 3. The number of piperazine rings is 1. The van der Waals surface area contributed by atoms with Crippen LogP contribution in [0.1, 0.15) is 12.8 Å². The Morgan fingerprint density at radius 2 is 1.38 bits per heavy atom. The van der Waals surface area contributed by atoms with Crippen molar-refractivity contribution in [3.63, 3.8) is 0 Å². The zero-order valence-corrected chi connectivity index (χ0v) is 19.5. The summed E-state index contributed by atoms with van der Waals surface area (Å²) in [4.78, 5) is 44.5. The van der Waals surface area contributed by atoms with Crippen LogP contribution in [-0.4, -0.2) is 54.6 Å². The van der Waals surface area contributed by atoms with Gasteiger partial charge in [0.15, 0.2) is 0 Å². The summed E-state index contributed by atoms with van der Waals surface area (Å²) in [5, 5.41) is 0. The van der Waals surface area contributed by atoms with Gasteiger partial charge in [-0.3, -0.25) is 19.3 Å². The number of thioether (sulfide) groups is 1. The topological polar surface area (TPSA) is 60.9 Å². The third-order valence-corrected chi connectivity index (χ3v) is 7.79. The number of allylic oxidation sites excluding steroid dienone is 2. The maximum Gasteiger partial charge on any atom is 0.238 e. The SMILES string of the molecule is O=C(CSc1ccc(N2C(=O)C3CC=CCC3C2=O)cc1)N1CCN(c2ccc(F)cc2)CC1. The van der Waals surface area contributed by atoms with Crippen molar-refractivity contribution in [2.75, 3.05) is 41.7 Å². The average molecular weight is 480 g/mol. The Morgan fingerprint density at radius 3 is 1.97 bits per heavy atom. The molecular formula is C26H26FN3O3S. The number of carbonyl (C=O) groups excluding carboxylic acids is 3. The zero-order chi connectivity index (χ0) is 23.7. The van der Waals surface area contributed by atoms with E-state index in [1.54, 1.807) is 24.3 Å². The van der Waals surface area contributed by atoms with Crippen LogP contribution in [0.25, 0.3) is 0 Å². The van der Waals surface area contributed by atoms with Crippen molar-refractivity contribution in [1.29, 1.82) is 0 Å². The fourth-order valence-corrected chi connectivity index (χ4v) is 5.65. The Labute approximate surface area is 202 Å². The lowest BCUT2D eigenvalue weighted by molar-refractivity contribution is -0.128. The normalized spacial score (nSPS) is 22.3. The van der Waals surface area contributed by atoms with E-state index < -0.39 is 0 Å². The van der Waals surface area contributed by atoms with Gasteiger partial charge in [0.1, 0.15) is 5.82 Å². The largest absolute Gasteiger partial charge is 0.368 e. The Kier molecular flexibility index (Phi) is 6.41. The van der Waals surface area contributed by atoms with Crippen molar-refractivity contribution >= 4 is 40.9 Å². The smallest absolute Gasteiger partial charge is 0.238 e. The first-order chi connectivity index (χ1) is 16.5. The fraction of sp³-hybridized carbons (Fsp3) is 0.346. The van der Waals surface area contributed by atoms with E-state index in [1.165, 1.54) is 28.8 Å². The molecule has 2 fully saturated rings. The predicted octanol–water partition coefficient (Wildman–Crippen LogP) is 3.72. The number of hydrogen-bond acceptors (Lipinski definition) is 5. The molecule has 0 spiro atoms. The Bertz CT molecular complexity index is 1090. The fourth-order valence-electron chi connectivity index (χ4n) is 4.85. The summed E-state index contributed by atoms with van der Waals surface area (Å²) >= 11 is 1.45. The van der Waals surface area contributed by atoms with Gasteiger partial charge in [0.2, 0.25) is 17.7 Å². The van der Waals surface area contributed by atoms with E-state index in [1.807, 2.05) is 29.2 Å². The molecule has 2 aromatic rings. The molecule has 0 aromatic heterocycles. The van der Waals surface area contributed by atoms with E-state index >= 15 is 0 Å². The first-order valence-corrected chi connectivity index (χ1v) is 12.5. The second kappa shape index (κ2) is 9.62. The van der Waals surface area contributed by atoms with E-state index in [4.69, 9.17) is 0 Å². The van der Waals surface area contributed by atoms with Gasteiger partial charge in [-0.15, -0.1) is 11.8 Å². The van der Waals surface area contributed by atoms with Crippen molar-refractivity contribution in [1.82, 2.24) is 4.90 Å². The summed E-state index contributed by atoms with van der Waals surface area (Å²) in [6.45, 7) is 2.69. The van der Waals surface area contributed by atoms with Gasteiger partial charge < -0.3 is 9.80 Å². The minimum Gasteiger partial charge on any atom is -0.368 e. The second-order valence-electron chi connectivity index (χ2n) is 8.79. The highest BCUT2D eigenvalue weighted by molar-refractivity contribution is 8.00. The van der Waals surface area contributed by atoms with Crippen LogP contribution in [-0.2, 0) is 14.4 Å². The van der Waals surface area contributed by atoms with Crippen LogP contribution in [0.2, 0.25) is 0 Å². The van der Waals surface area contributed by atoms with Crippen LogP contribution >= 0.6 is 11.8 Å². The Hall–Kier alpha value is -3.13. The third-order valence-electron chi connectivity index (χ3n) is 6.79. The zero-order valence-electron chi connectivity index (χ0n) is 18.7. The van der Waals surface area contributed by atoms with Crippen molar-refractivity contribution < 1.29 is 18.8 Å². The maximum absolute atomic E-state index is 13.1. The van der Waals surface area contributed by atoms with Crippen LogP contribution in [0.4, 0.5) is 15.8 Å². The number of fused-ring (bicyclic) bond motifs is 1. The second-order valence-corrected chi connectivity index (χ2v) is 9.84. The molecule has 34 heavy (non-hydrogen) atoms. The molecule has 1 aliphatic carbocycles. The lowest BCUT2D eigenvalue weighted by atomic mass is 9.85. The molecule has 176 valence electrons. The quantitative estimate of drug-likeness (QED) is 0.372. The van der Waals surface area contributed by atoms with Gasteiger partial charge in [0.05, 0.1) is 23.3 Å². The van der Waals surface area contributed by atoms with Crippen LogP contribution < -0.4 is 9.80 Å². The summed E-state index contributed by atoms with van der Waals surface area (Å²) in [6, 6.07) is 13.7. The summed E-state index contributed by atoms with van der Waals surface area (Å²) < 4.78 is 13.1. The molecule has 0 radical (unpaired) electrons.